The lowest BCUT2D eigenvalue weighted by Gasteiger charge is -1.96. The maximum Gasteiger partial charge on any atom is 0.354 e. The van der Waals surface area contributed by atoms with Crippen LogP contribution in [0.2, 0.25) is 0 Å². The van der Waals surface area contributed by atoms with Crippen molar-refractivity contribution in [3.05, 3.63) is 26.7 Å². The van der Waals surface area contributed by atoms with Crippen LogP contribution in [-0.4, -0.2) is 25.3 Å². The third-order valence-electron chi connectivity index (χ3n) is 2.67. The van der Waals surface area contributed by atoms with Crippen LogP contribution < -0.4 is 5.56 Å². The Kier molecular flexibility index (Phi) is 5.07. The summed E-state index contributed by atoms with van der Waals surface area (Å²) >= 11 is 2.83. The molecule has 0 saturated heterocycles. The molecule has 2 aromatic rings. The third kappa shape index (κ3) is 3.34. The minimum atomic E-state index is -0.737. The van der Waals surface area contributed by atoms with Crippen LogP contribution in [0.3, 0.4) is 0 Å². The molecular formula is C11H14N4O3S2. The van der Waals surface area contributed by atoms with Crippen LogP contribution in [-0.2, 0) is 0 Å². The number of thioether (sulfide) groups is 1. The zero-order valence-corrected chi connectivity index (χ0v) is 12.6. The van der Waals surface area contributed by atoms with E-state index in [-0.39, 0.29) is 0 Å². The zero-order chi connectivity index (χ0) is 14.5. The molecule has 2 rings (SSSR count). The fraction of sp³-hybridized carbons (Fsp3) is 0.545. The fourth-order valence-electron chi connectivity index (χ4n) is 1.63. The Balaban J connectivity index is 2.11. The SMILES string of the molecule is CCCCCCSc1nn2c(=O)c([N+](=O)[O-])cnc2s1. The molecule has 20 heavy (non-hydrogen) atoms. The molecule has 108 valence electrons. The molecule has 0 aromatic carbocycles. The van der Waals surface area contributed by atoms with E-state index in [9.17, 15) is 14.9 Å². The lowest BCUT2D eigenvalue weighted by atomic mass is 10.2. The first kappa shape index (κ1) is 14.9. The molecule has 0 radical (unpaired) electrons. The lowest BCUT2D eigenvalue weighted by molar-refractivity contribution is -0.386. The van der Waals surface area contributed by atoms with Crippen LogP contribution in [0.25, 0.3) is 4.96 Å². The predicted molar refractivity (Wildman–Crippen MR) is 78.7 cm³/mol. The van der Waals surface area contributed by atoms with Crippen molar-refractivity contribution >= 4 is 33.7 Å². The lowest BCUT2D eigenvalue weighted by Crippen LogP contribution is -2.18. The van der Waals surface area contributed by atoms with Gasteiger partial charge in [-0.2, -0.15) is 4.52 Å². The van der Waals surface area contributed by atoms with Crippen molar-refractivity contribution in [1.82, 2.24) is 14.6 Å². The van der Waals surface area contributed by atoms with Gasteiger partial charge in [0.25, 0.3) is 0 Å². The van der Waals surface area contributed by atoms with Crippen LogP contribution >= 0.6 is 23.1 Å². The van der Waals surface area contributed by atoms with E-state index in [1.165, 1.54) is 30.6 Å². The van der Waals surface area contributed by atoms with E-state index in [0.717, 1.165) is 22.9 Å². The fourth-order valence-corrected chi connectivity index (χ4v) is 3.60. The molecule has 0 saturated carbocycles. The van der Waals surface area contributed by atoms with Crippen LogP contribution in [0.15, 0.2) is 15.3 Å². The van der Waals surface area contributed by atoms with Crippen molar-refractivity contribution < 1.29 is 4.92 Å². The van der Waals surface area contributed by atoms with Crippen LogP contribution in [0, 0.1) is 10.1 Å². The summed E-state index contributed by atoms with van der Waals surface area (Å²) in [6.07, 6.45) is 5.67. The third-order valence-corrected chi connectivity index (χ3v) is 4.81. The Hall–Kier alpha value is -1.48. The van der Waals surface area contributed by atoms with Gasteiger partial charge in [0, 0.05) is 5.75 Å². The molecule has 9 heteroatoms. The van der Waals surface area contributed by atoms with Crippen molar-refractivity contribution in [3.63, 3.8) is 0 Å². The molecule has 0 fully saturated rings. The van der Waals surface area contributed by atoms with Crippen molar-refractivity contribution in [1.29, 1.82) is 0 Å². The van der Waals surface area contributed by atoms with E-state index in [1.807, 2.05) is 0 Å². The molecule has 7 nitrogen and oxygen atoms in total. The van der Waals surface area contributed by atoms with Crippen molar-refractivity contribution in [2.24, 2.45) is 0 Å². The highest BCUT2D eigenvalue weighted by Crippen LogP contribution is 2.24. The van der Waals surface area contributed by atoms with E-state index in [2.05, 4.69) is 17.0 Å². The maximum absolute atomic E-state index is 11.8. The summed E-state index contributed by atoms with van der Waals surface area (Å²) in [4.78, 5) is 26.0. The first-order chi connectivity index (χ1) is 9.63. The normalized spacial score (nSPS) is 11.1. The van der Waals surface area contributed by atoms with Gasteiger partial charge in [0.2, 0.25) is 4.96 Å². The Morgan fingerprint density at radius 3 is 2.95 bits per heavy atom. The average molecular weight is 314 g/mol. The van der Waals surface area contributed by atoms with E-state index in [4.69, 9.17) is 0 Å². The predicted octanol–water partition coefficient (Wildman–Crippen LogP) is 2.73. The van der Waals surface area contributed by atoms with Crippen molar-refractivity contribution in [2.75, 3.05) is 5.75 Å². The molecular weight excluding hydrogens is 300 g/mol. The van der Waals surface area contributed by atoms with Gasteiger partial charge >= 0.3 is 11.2 Å². The summed E-state index contributed by atoms with van der Waals surface area (Å²) in [5.74, 6) is 0.927. The summed E-state index contributed by atoms with van der Waals surface area (Å²) in [6, 6.07) is 0. The number of hydrogen-bond donors (Lipinski definition) is 0. The Morgan fingerprint density at radius 1 is 1.45 bits per heavy atom. The van der Waals surface area contributed by atoms with E-state index in [0.29, 0.717) is 9.30 Å². The van der Waals surface area contributed by atoms with Gasteiger partial charge in [0.05, 0.1) is 4.92 Å². The molecule has 0 aliphatic heterocycles. The molecule has 0 unspecified atom stereocenters. The highest BCUT2D eigenvalue weighted by molar-refractivity contribution is 8.01. The first-order valence-corrected chi connectivity index (χ1v) is 8.09. The van der Waals surface area contributed by atoms with Gasteiger partial charge in [-0.05, 0) is 6.42 Å². The minimum absolute atomic E-state index is 0.386. The molecule has 2 aromatic heterocycles. The Labute approximate surface area is 123 Å². The number of aromatic nitrogens is 3. The molecule has 0 bridgehead atoms. The van der Waals surface area contributed by atoms with E-state index < -0.39 is 16.2 Å². The second-order valence-corrected chi connectivity index (χ2v) is 6.48. The van der Waals surface area contributed by atoms with Gasteiger partial charge in [0.1, 0.15) is 6.20 Å². The quantitative estimate of drug-likeness (QED) is 0.338. The number of fused-ring (bicyclic) bond motifs is 1. The van der Waals surface area contributed by atoms with Crippen LogP contribution in [0.1, 0.15) is 32.6 Å². The monoisotopic (exact) mass is 314 g/mol. The number of nitrogens with zero attached hydrogens (tertiary/aromatic N) is 4. The highest BCUT2D eigenvalue weighted by atomic mass is 32.2. The molecule has 0 spiro atoms. The largest absolute Gasteiger partial charge is 0.354 e. The van der Waals surface area contributed by atoms with Crippen molar-refractivity contribution in [2.45, 2.75) is 36.9 Å². The topological polar surface area (TPSA) is 90.4 Å². The van der Waals surface area contributed by atoms with Crippen LogP contribution in [0.5, 0.6) is 0 Å². The maximum atomic E-state index is 11.8. The number of nitro groups is 1. The molecule has 0 amide bonds. The van der Waals surface area contributed by atoms with Crippen LogP contribution in [0.4, 0.5) is 5.69 Å². The first-order valence-electron chi connectivity index (χ1n) is 6.29. The molecule has 0 N–H and O–H groups in total. The van der Waals surface area contributed by atoms with Gasteiger partial charge in [-0.3, -0.25) is 14.9 Å². The smallest absolute Gasteiger partial charge is 0.259 e. The zero-order valence-electron chi connectivity index (χ0n) is 10.9. The summed E-state index contributed by atoms with van der Waals surface area (Å²) in [5.41, 5.74) is -1.28. The molecule has 0 aliphatic rings. The molecule has 0 atom stereocenters. The summed E-state index contributed by atoms with van der Waals surface area (Å²) in [7, 11) is 0. The van der Waals surface area contributed by atoms with Gasteiger partial charge in [-0.15, -0.1) is 5.10 Å². The Bertz CT molecular complexity index is 667. The van der Waals surface area contributed by atoms with E-state index >= 15 is 0 Å². The number of rotatable bonds is 7. The number of unbranched alkanes of at least 4 members (excludes halogenated alkanes) is 3. The number of hydrogen-bond acceptors (Lipinski definition) is 7. The van der Waals surface area contributed by atoms with E-state index in [1.54, 1.807) is 11.8 Å². The second kappa shape index (κ2) is 6.80. The standard InChI is InChI=1S/C11H14N4O3S2/c1-2-3-4-5-6-19-11-13-14-9(16)8(15(17)18)7-12-10(14)20-11/h7H,2-6H2,1H3. The van der Waals surface area contributed by atoms with Gasteiger partial charge in [-0.1, -0.05) is 49.3 Å². The highest BCUT2D eigenvalue weighted by Gasteiger charge is 2.17. The van der Waals surface area contributed by atoms with Crippen molar-refractivity contribution in [3.8, 4) is 0 Å². The molecule has 2 heterocycles. The van der Waals surface area contributed by atoms with Gasteiger partial charge in [0.15, 0.2) is 4.34 Å². The summed E-state index contributed by atoms with van der Waals surface area (Å²) < 4.78 is 1.73. The summed E-state index contributed by atoms with van der Waals surface area (Å²) in [5, 5.41) is 14.8. The van der Waals surface area contributed by atoms with Gasteiger partial charge < -0.3 is 0 Å². The summed E-state index contributed by atoms with van der Waals surface area (Å²) in [6.45, 7) is 2.16. The second-order valence-electron chi connectivity index (χ2n) is 4.18. The average Bonchev–Trinajstić information content (AvgIpc) is 2.82. The Morgan fingerprint density at radius 2 is 2.25 bits per heavy atom. The van der Waals surface area contributed by atoms with Gasteiger partial charge in [-0.25, -0.2) is 4.98 Å². The molecule has 0 aliphatic carbocycles. The minimum Gasteiger partial charge on any atom is -0.259 e.